The van der Waals surface area contributed by atoms with E-state index in [4.69, 9.17) is 31.0 Å². The van der Waals surface area contributed by atoms with Crippen molar-refractivity contribution < 1.29 is 39.0 Å². The highest BCUT2D eigenvalue weighted by Gasteiger charge is 2.49. The monoisotopic (exact) mass is 576 g/mol. The molecule has 1 saturated carbocycles. The Bertz CT molecular complexity index is 1190. The molecule has 4 rings (SSSR count). The van der Waals surface area contributed by atoms with Crippen LogP contribution >= 0.6 is 18.7 Å². The summed E-state index contributed by atoms with van der Waals surface area (Å²) in [5, 5.41) is 37.3. The first-order valence-corrected chi connectivity index (χ1v) is 15.3. The molecule has 0 radical (unpaired) electrons. The van der Waals surface area contributed by atoms with E-state index in [9.17, 15) is 19.6 Å². The topological polar surface area (TPSA) is 190 Å². The second-order valence-corrected chi connectivity index (χ2v) is 13.9. The summed E-state index contributed by atoms with van der Waals surface area (Å²) in [5.41, 5.74) is 1.82. The number of aliphatic hydroxyl groups excluding tert-OH is 2. The van der Waals surface area contributed by atoms with Gasteiger partial charge in [0.15, 0.2) is 17.2 Å². The molecule has 3 heterocycles. The molecule has 1 saturated heterocycles. The van der Waals surface area contributed by atoms with E-state index in [0.29, 0.717) is 16.9 Å². The number of hydrogen-bond acceptors (Lipinski definition) is 12. The first kappa shape index (κ1) is 29.1. The summed E-state index contributed by atoms with van der Waals surface area (Å²) in [5.74, 6) is -0.294. The number of aliphatic hydroxyl groups is 2. The van der Waals surface area contributed by atoms with Crippen molar-refractivity contribution in [3.8, 4) is 0 Å². The maximum Gasteiger partial charge on any atom is 0.246 e. The third-order valence-corrected chi connectivity index (χ3v) is 9.68. The molecule has 2 aliphatic rings. The Morgan fingerprint density at radius 2 is 2.00 bits per heavy atom. The number of carbonyl (C=O) groups is 1. The molecule has 5 atom stereocenters. The predicted molar refractivity (Wildman–Crippen MR) is 137 cm³/mol. The van der Waals surface area contributed by atoms with Crippen LogP contribution < -0.4 is 10.8 Å². The van der Waals surface area contributed by atoms with Crippen molar-refractivity contribution in [3.63, 3.8) is 0 Å². The van der Waals surface area contributed by atoms with Crippen molar-refractivity contribution >= 4 is 41.5 Å². The van der Waals surface area contributed by atoms with E-state index in [-0.39, 0.29) is 24.5 Å². The van der Waals surface area contributed by atoms with Crippen LogP contribution in [0, 0.1) is 0 Å². The largest absolute Gasteiger partial charge is 0.387 e. The molecule has 0 aromatic carbocycles. The number of nitrogens with zero attached hydrogens (tertiary/aromatic N) is 4. The molecule has 212 valence electrons. The number of carbonyl (C=O) groups excluding carboxylic acids is 1. The summed E-state index contributed by atoms with van der Waals surface area (Å²) in [4.78, 5) is 20.6. The zero-order chi connectivity index (χ0) is 27.7. The van der Waals surface area contributed by atoms with Crippen LogP contribution in [0.25, 0.3) is 11.0 Å². The van der Waals surface area contributed by atoms with E-state index >= 15 is 0 Å². The van der Waals surface area contributed by atoms with Gasteiger partial charge in [0, 0.05) is 13.2 Å². The lowest BCUT2D eigenvalue weighted by Gasteiger charge is -2.37. The van der Waals surface area contributed by atoms with Crippen molar-refractivity contribution in [2.75, 3.05) is 39.0 Å². The molecule has 0 unspecified atom stereocenters. The van der Waals surface area contributed by atoms with Gasteiger partial charge < -0.3 is 34.3 Å². The highest BCUT2D eigenvalue weighted by molar-refractivity contribution is 7.63. The lowest BCUT2D eigenvalue weighted by atomic mass is 10.1. The minimum Gasteiger partial charge on any atom is -0.387 e. The van der Waals surface area contributed by atoms with E-state index in [1.165, 1.54) is 36.8 Å². The molecule has 2 aromatic heterocycles. The van der Waals surface area contributed by atoms with Gasteiger partial charge in [0.1, 0.15) is 31.3 Å². The molecule has 1 aliphatic carbocycles. The molecule has 38 heavy (non-hydrogen) atoms. The van der Waals surface area contributed by atoms with Crippen LogP contribution in [0.3, 0.4) is 0 Å². The summed E-state index contributed by atoms with van der Waals surface area (Å²) in [6.45, 7) is 2.29. The van der Waals surface area contributed by atoms with Gasteiger partial charge in [0.05, 0.1) is 31.2 Å². The summed E-state index contributed by atoms with van der Waals surface area (Å²) in [6, 6.07) is 0.262. The molecule has 16 heteroatoms. The van der Waals surface area contributed by atoms with Gasteiger partial charge in [-0.25, -0.2) is 10.2 Å². The van der Waals surface area contributed by atoms with Gasteiger partial charge in [-0.05, 0) is 37.8 Å². The van der Waals surface area contributed by atoms with Crippen molar-refractivity contribution in [3.05, 3.63) is 11.5 Å². The molecule has 2 fully saturated rings. The smallest absolute Gasteiger partial charge is 0.246 e. The number of ether oxygens (including phenoxy) is 3. The van der Waals surface area contributed by atoms with Crippen LogP contribution in [0.4, 0.5) is 5.82 Å². The minimum absolute atomic E-state index is 0.0131. The number of halogens is 1. The molecule has 5 N–H and O–H groups in total. The van der Waals surface area contributed by atoms with Crippen LogP contribution in [-0.4, -0.2) is 104 Å². The zero-order valence-corrected chi connectivity index (χ0v) is 23.1. The molecular weight excluding hydrogens is 543 g/mol. The van der Waals surface area contributed by atoms with E-state index in [1.807, 2.05) is 0 Å². The number of fused-ring (bicyclic) bond motifs is 1. The van der Waals surface area contributed by atoms with Gasteiger partial charge in [-0.15, -0.1) is 0 Å². The van der Waals surface area contributed by atoms with E-state index in [0.717, 1.165) is 25.7 Å². The van der Waals surface area contributed by atoms with Gasteiger partial charge in [-0.1, -0.05) is 12.8 Å². The molecule has 2 aromatic rings. The highest BCUT2D eigenvalue weighted by atomic mass is 35.5. The van der Waals surface area contributed by atoms with Gasteiger partial charge in [0.25, 0.3) is 0 Å². The molecule has 1 amide bonds. The summed E-state index contributed by atoms with van der Waals surface area (Å²) >= 11 is 6.20. The Morgan fingerprint density at radius 3 is 2.63 bits per heavy atom. The Balaban J connectivity index is 1.56. The fourth-order valence-electron chi connectivity index (χ4n) is 4.93. The average Bonchev–Trinajstić information content (AvgIpc) is 3.58. The number of hydrogen-bond donors (Lipinski definition) is 5. The zero-order valence-electron chi connectivity index (χ0n) is 21.4. The summed E-state index contributed by atoms with van der Waals surface area (Å²) in [7, 11) is -1.82. The third kappa shape index (κ3) is 5.82. The van der Waals surface area contributed by atoms with Crippen LogP contribution in [-0.2, 0) is 23.6 Å². The number of methoxy groups -OCH3 is 1. The number of aromatic nitrogens is 4. The second kappa shape index (κ2) is 11.7. The van der Waals surface area contributed by atoms with Crippen LogP contribution in [0.2, 0.25) is 5.28 Å². The van der Waals surface area contributed by atoms with Crippen LogP contribution in [0.15, 0.2) is 6.20 Å². The van der Waals surface area contributed by atoms with Gasteiger partial charge in [0.2, 0.25) is 11.2 Å². The molecule has 0 spiro atoms. The quantitative estimate of drug-likeness (QED) is 0.112. The van der Waals surface area contributed by atoms with Gasteiger partial charge >= 0.3 is 0 Å². The first-order valence-electron chi connectivity index (χ1n) is 12.3. The maximum atomic E-state index is 13.1. The van der Waals surface area contributed by atoms with Crippen molar-refractivity contribution in [2.24, 2.45) is 0 Å². The van der Waals surface area contributed by atoms with Crippen LogP contribution in [0.1, 0.15) is 38.3 Å². The average molecular weight is 577 g/mol. The SMILES string of the molecule is COC[C@@](CC(=O)NO)(OC[C@H]1O[C@@H](n2ncc3c(NC4CCCC4)nc(Cl)nc32)[C@H](O)[C@@H]1O)P(C)(C)=O. The Hall–Kier alpha value is -1.90. The van der Waals surface area contributed by atoms with Crippen molar-refractivity contribution in [1.29, 1.82) is 0 Å². The minimum atomic E-state index is -3.18. The number of amides is 1. The maximum absolute atomic E-state index is 13.1. The fraction of sp³-hybridized carbons (Fsp3) is 0.727. The molecular formula is C22H34ClN6O8P. The second-order valence-electron chi connectivity index (χ2n) is 10.1. The number of nitrogens with one attached hydrogen (secondary N) is 2. The molecule has 0 bridgehead atoms. The first-order chi connectivity index (χ1) is 18.0. The van der Waals surface area contributed by atoms with Gasteiger partial charge in [-0.2, -0.15) is 15.1 Å². The summed E-state index contributed by atoms with van der Waals surface area (Å²) < 4.78 is 31.5. The van der Waals surface area contributed by atoms with Crippen LogP contribution in [0.5, 0.6) is 0 Å². The highest BCUT2D eigenvalue weighted by Crippen LogP contribution is 2.54. The fourth-order valence-corrected chi connectivity index (χ4v) is 6.44. The Morgan fingerprint density at radius 1 is 1.29 bits per heavy atom. The summed E-state index contributed by atoms with van der Waals surface area (Å²) in [6.07, 6.45) is 0.312. The van der Waals surface area contributed by atoms with Crippen molar-refractivity contribution in [2.45, 2.75) is 68.0 Å². The van der Waals surface area contributed by atoms with E-state index in [1.54, 1.807) is 0 Å². The predicted octanol–water partition coefficient (Wildman–Crippen LogP) is 1.33. The van der Waals surface area contributed by atoms with Gasteiger partial charge in [-0.3, -0.25) is 10.0 Å². The number of anilines is 1. The van der Waals surface area contributed by atoms with E-state index < -0.39 is 49.4 Å². The van der Waals surface area contributed by atoms with E-state index in [2.05, 4.69) is 20.4 Å². The normalized spacial score (nSPS) is 26.1. The Kier molecular flexibility index (Phi) is 8.95. The van der Waals surface area contributed by atoms with Crippen molar-refractivity contribution in [1.82, 2.24) is 25.2 Å². The lowest BCUT2D eigenvalue weighted by molar-refractivity contribution is -0.140. The Labute approximate surface area is 224 Å². The standard InChI is InChI=1S/C22H34ClN6O8P/c1-35-11-22(38(2,3)34,8-15(30)28-33)36-10-14-16(31)17(32)20(37-14)29-19-13(9-24-29)18(26-21(23)27-19)25-12-6-4-5-7-12/h9,12,14,16-17,20,31-33H,4-8,10-11H2,1-3H3,(H,28,30)(H,25,26,27)/t14-,16-,17-,20-,22+/m1/s1. The lowest BCUT2D eigenvalue weighted by Crippen LogP contribution is -2.45. The molecule has 1 aliphatic heterocycles. The number of hydroxylamine groups is 1. The number of rotatable bonds is 11. The third-order valence-electron chi connectivity index (χ3n) is 7.13. The molecule has 14 nitrogen and oxygen atoms in total.